The Morgan fingerprint density at radius 3 is 2.85 bits per heavy atom. The maximum atomic E-state index is 12.4. The molecule has 1 saturated heterocycles. The fourth-order valence-corrected chi connectivity index (χ4v) is 3.59. The maximum Gasteiger partial charge on any atom is 0.322 e. The van der Waals surface area contributed by atoms with Crippen molar-refractivity contribution in [3.05, 3.63) is 29.3 Å². The van der Waals surface area contributed by atoms with E-state index in [1.165, 1.54) is 19.3 Å². The number of hydrogen-bond acceptors (Lipinski definition) is 4. The van der Waals surface area contributed by atoms with Gasteiger partial charge in [0.15, 0.2) is 0 Å². The van der Waals surface area contributed by atoms with Gasteiger partial charge < -0.3 is 20.5 Å². The molecule has 27 heavy (non-hydrogen) atoms. The van der Waals surface area contributed by atoms with Crippen molar-refractivity contribution in [3.63, 3.8) is 0 Å². The van der Waals surface area contributed by atoms with Crippen LogP contribution in [-0.2, 0) is 4.74 Å². The largest absolute Gasteiger partial charge is 0.389 e. The molecular weight excluding hydrogens is 346 g/mol. The molecule has 3 rings (SSSR count). The van der Waals surface area contributed by atoms with Gasteiger partial charge in [0.2, 0.25) is 0 Å². The summed E-state index contributed by atoms with van der Waals surface area (Å²) in [6.07, 6.45) is 5.23. The second-order valence-electron chi connectivity index (χ2n) is 7.34. The number of anilines is 1. The van der Waals surface area contributed by atoms with Crippen molar-refractivity contribution < 1.29 is 19.4 Å². The van der Waals surface area contributed by atoms with Crippen molar-refractivity contribution in [2.75, 3.05) is 31.1 Å². The molecule has 7 nitrogen and oxygen atoms in total. The highest BCUT2D eigenvalue weighted by atomic mass is 16.5. The van der Waals surface area contributed by atoms with Crippen LogP contribution in [0.15, 0.2) is 18.2 Å². The molecule has 0 spiro atoms. The fraction of sp³-hybridized carbons (Fsp3) is 0.600. The predicted octanol–water partition coefficient (Wildman–Crippen LogP) is 1.96. The lowest BCUT2D eigenvalue weighted by atomic mass is 9.98. The van der Waals surface area contributed by atoms with Crippen LogP contribution in [0.5, 0.6) is 0 Å². The molecule has 1 aliphatic heterocycles. The van der Waals surface area contributed by atoms with Crippen molar-refractivity contribution in [2.45, 2.75) is 51.2 Å². The van der Waals surface area contributed by atoms with Gasteiger partial charge in [-0.15, -0.1) is 0 Å². The Morgan fingerprint density at radius 2 is 2.15 bits per heavy atom. The lowest BCUT2D eigenvalue weighted by Crippen LogP contribution is -2.36. The average molecular weight is 375 g/mol. The molecule has 2 fully saturated rings. The van der Waals surface area contributed by atoms with E-state index in [0.29, 0.717) is 18.7 Å². The number of hydrogen-bond donors (Lipinski definition) is 3. The normalized spacial score (nSPS) is 19.0. The zero-order chi connectivity index (χ0) is 19.2. The number of nitrogens with zero attached hydrogens (tertiary/aromatic N) is 1. The summed E-state index contributed by atoms with van der Waals surface area (Å²) in [5.74, 6) is -0.271. The standard InChI is InChI=1S/C20H29N3O4/c1-14-7-8-15(11-18(14)23-10-9-21-20(23)26)19(25)22-12-16(24)13-27-17-5-3-2-4-6-17/h7-8,11,16-17,24H,2-6,9-10,12-13H2,1H3,(H,21,26)(H,22,25)/t16-/m0/s1. The first-order valence-electron chi connectivity index (χ1n) is 9.78. The first kappa shape index (κ1) is 19.6. The van der Waals surface area contributed by atoms with Crippen LogP contribution in [0.25, 0.3) is 0 Å². The highest BCUT2D eigenvalue weighted by Gasteiger charge is 2.23. The van der Waals surface area contributed by atoms with Crippen LogP contribution in [0.4, 0.5) is 10.5 Å². The monoisotopic (exact) mass is 375 g/mol. The number of urea groups is 1. The first-order chi connectivity index (χ1) is 13.0. The third-order valence-corrected chi connectivity index (χ3v) is 5.19. The van der Waals surface area contributed by atoms with Crippen molar-refractivity contribution in [1.29, 1.82) is 0 Å². The van der Waals surface area contributed by atoms with E-state index in [9.17, 15) is 14.7 Å². The summed E-state index contributed by atoms with van der Waals surface area (Å²) in [7, 11) is 0. The number of ether oxygens (including phenoxy) is 1. The number of carbonyl (C=O) groups is 2. The van der Waals surface area contributed by atoms with Crippen molar-refractivity contribution in [3.8, 4) is 0 Å². The van der Waals surface area contributed by atoms with Gasteiger partial charge in [-0.1, -0.05) is 25.3 Å². The van der Waals surface area contributed by atoms with Crippen LogP contribution >= 0.6 is 0 Å². The number of carbonyl (C=O) groups excluding carboxylic acids is 2. The molecule has 1 aliphatic carbocycles. The lowest BCUT2D eigenvalue weighted by molar-refractivity contribution is -0.0225. The van der Waals surface area contributed by atoms with Crippen LogP contribution in [0, 0.1) is 6.92 Å². The van der Waals surface area contributed by atoms with Gasteiger partial charge in [-0.05, 0) is 37.5 Å². The van der Waals surface area contributed by atoms with Gasteiger partial charge in [0.05, 0.1) is 18.8 Å². The molecule has 1 heterocycles. The second kappa shape index (κ2) is 9.19. The lowest BCUT2D eigenvalue weighted by Gasteiger charge is -2.23. The van der Waals surface area contributed by atoms with Crippen LogP contribution in [0.1, 0.15) is 48.0 Å². The highest BCUT2D eigenvalue weighted by molar-refractivity contribution is 5.99. The van der Waals surface area contributed by atoms with Crippen LogP contribution in [0.3, 0.4) is 0 Å². The number of amides is 3. The van der Waals surface area contributed by atoms with E-state index in [4.69, 9.17) is 4.74 Å². The fourth-order valence-electron chi connectivity index (χ4n) is 3.59. The summed E-state index contributed by atoms with van der Waals surface area (Å²) < 4.78 is 5.74. The third-order valence-electron chi connectivity index (χ3n) is 5.19. The average Bonchev–Trinajstić information content (AvgIpc) is 3.11. The predicted molar refractivity (Wildman–Crippen MR) is 103 cm³/mol. The summed E-state index contributed by atoms with van der Waals surface area (Å²) in [6.45, 7) is 3.47. The Kier molecular flexibility index (Phi) is 6.68. The molecule has 1 aromatic carbocycles. The quantitative estimate of drug-likeness (QED) is 0.679. The van der Waals surface area contributed by atoms with Crippen molar-refractivity contribution in [2.24, 2.45) is 0 Å². The molecule has 3 amide bonds. The van der Waals surface area contributed by atoms with Gasteiger partial charge in [-0.3, -0.25) is 9.69 Å². The summed E-state index contributed by atoms with van der Waals surface area (Å²) >= 11 is 0. The number of nitrogens with one attached hydrogen (secondary N) is 2. The molecule has 0 aromatic heterocycles. The molecular formula is C20H29N3O4. The summed E-state index contributed by atoms with van der Waals surface area (Å²) in [6, 6.07) is 5.14. The summed E-state index contributed by atoms with van der Waals surface area (Å²) in [4.78, 5) is 26.0. The van der Waals surface area contributed by atoms with Gasteiger partial charge in [-0.25, -0.2) is 4.79 Å². The minimum absolute atomic E-state index is 0.138. The Bertz CT molecular complexity index is 673. The van der Waals surface area contributed by atoms with Gasteiger partial charge >= 0.3 is 6.03 Å². The van der Waals surface area contributed by atoms with E-state index in [0.717, 1.165) is 24.1 Å². The molecule has 1 aromatic rings. The summed E-state index contributed by atoms with van der Waals surface area (Å²) in [5.41, 5.74) is 2.14. The van der Waals surface area contributed by atoms with E-state index in [1.54, 1.807) is 17.0 Å². The van der Waals surface area contributed by atoms with E-state index >= 15 is 0 Å². The van der Waals surface area contributed by atoms with Gasteiger partial charge in [0, 0.05) is 30.9 Å². The van der Waals surface area contributed by atoms with Crippen molar-refractivity contribution in [1.82, 2.24) is 10.6 Å². The number of aliphatic hydroxyl groups is 1. The molecule has 0 radical (unpaired) electrons. The molecule has 0 bridgehead atoms. The molecule has 148 valence electrons. The SMILES string of the molecule is Cc1ccc(C(=O)NC[C@H](O)COC2CCCCC2)cc1N1CCNC1=O. The molecule has 3 N–H and O–H groups in total. The second-order valence-corrected chi connectivity index (χ2v) is 7.34. The zero-order valence-corrected chi connectivity index (χ0v) is 15.9. The minimum Gasteiger partial charge on any atom is -0.389 e. The van der Waals surface area contributed by atoms with E-state index in [1.807, 2.05) is 13.0 Å². The Balaban J connectivity index is 1.50. The summed E-state index contributed by atoms with van der Waals surface area (Å²) in [5, 5.41) is 15.6. The molecule has 2 aliphatic rings. The topological polar surface area (TPSA) is 90.9 Å². The Hall–Kier alpha value is -2.12. The Labute approximate surface area is 160 Å². The zero-order valence-electron chi connectivity index (χ0n) is 15.9. The van der Waals surface area contributed by atoms with Gasteiger partial charge in [-0.2, -0.15) is 0 Å². The van der Waals surface area contributed by atoms with E-state index in [-0.39, 0.29) is 31.2 Å². The van der Waals surface area contributed by atoms with Crippen LogP contribution in [0.2, 0.25) is 0 Å². The van der Waals surface area contributed by atoms with Gasteiger partial charge in [0.1, 0.15) is 0 Å². The van der Waals surface area contributed by atoms with E-state index in [2.05, 4.69) is 10.6 Å². The smallest absolute Gasteiger partial charge is 0.322 e. The number of benzene rings is 1. The van der Waals surface area contributed by atoms with E-state index < -0.39 is 6.10 Å². The number of aliphatic hydroxyl groups excluding tert-OH is 1. The number of rotatable bonds is 7. The van der Waals surface area contributed by atoms with Crippen molar-refractivity contribution >= 4 is 17.6 Å². The Morgan fingerprint density at radius 1 is 1.37 bits per heavy atom. The molecule has 1 saturated carbocycles. The maximum absolute atomic E-state index is 12.4. The highest BCUT2D eigenvalue weighted by Crippen LogP contribution is 2.23. The third kappa shape index (κ3) is 5.20. The minimum atomic E-state index is -0.731. The first-order valence-corrected chi connectivity index (χ1v) is 9.78. The van der Waals surface area contributed by atoms with Gasteiger partial charge in [0.25, 0.3) is 5.91 Å². The number of aryl methyl sites for hydroxylation is 1. The molecule has 7 heteroatoms. The molecule has 0 unspecified atom stereocenters. The van der Waals surface area contributed by atoms with Crippen LogP contribution in [-0.4, -0.2) is 55.5 Å². The van der Waals surface area contributed by atoms with Crippen LogP contribution < -0.4 is 15.5 Å². The molecule has 1 atom stereocenters.